The first-order valence-electron chi connectivity index (χ1n) is 9.26. The van der Waals surface area contributed by atoms with Crippen LogP contribution in [0, 0.1) is 12.7 Å². The van der Waals surface area contributed by atoms with Gasteiger partial charge in [0.25, 0.3) is 5.91 Å². The lowest BCUT2D eigenvalue weighted by atomic mass is 10.1. The van der Waals surface area contributed by atoms with E-state index in [-0.39, 0.29) is 24.9 Å². The molecule has 1 aliphatic rings. The Morgan fingerprint density at radius 3 is 2.86 bits per heavy atom. The summed E-state index contributed by atoms with van der Waals surface area (Å²) < 4.78 is 24.4. The fraction of sp³-hybridized carbons (Fsp3) is 0.286. The van der Waals surface area contributed by atoms with E-state index in [1.165, 1.54) is 12.1 Å². The summed E-state index contributed by atoms with van der Waals surface area (Å²) >= 11 is 0. The summed E-state index contributed by atoms with van der Waals surface area (Å²) in [6.45, 7) is 2.06. The standard InChI is InChI=1S/C21H20FN3O4/c1-13-23-24-20(29-13)19-10-17(26)11-25(19)21(27)15-5-2-4-14(8-15)12-28-18-7-3-6-16(22)9-18/h2-9,17,19,26H,10-12H2,1H3/t17-,19-/m1/s1. The number of rotatable bonds is 5. The number of aryl methyl sites for hydroxylation is 1. The third kappa shape index (κ3) is 4.27. The van der Waals surface area contributed by atoms with Crippen LogP contribution < -0.4 is 4.74 Å². The molecule has 1 fully saturated rings. The third-order valence-electron chi connectivity index (χ3n) is 4.74. The fourth-order valence-corrected chi connectivity index (χ4v) is 3.40. The first kappa shape index (κ1) is 19.1. The van der Waals surface area contributed by atoms with Crippen LogP contribution in [0.5, 0.6) is 5.75 Å². The van der Waals surface area contributed by atoms with Crippen molar-refractivity contribution in [2.75, 3.05) is 6.54 Å². The number of aromatic nitrogens is 2. The quantitative estimate of drug-likeness (QED) is 0.712. The van der Waals surface area contributed by atoms with Gasteiger partial charge in [-0.25, -0.2) is 4.39 Å². The average Bonchev–Trinajstić information content (AvgIpc) is 3.31. The fourth-order valence-electron chi connectivity index (χ4n) is 3.40. The number of benzene rings is 2. The van der Waals surface area contributed by atoms with Crippen LogP contribution in [0.15, 0.2) is 52.9 Å². The number of nitrogens with zero attached hydrogens (tertiary/aromatic N) is 3. The molecule has 1 saturated heterocycles. The molecule has 1 aliphatic heterocycles. The van der Waals surface area contributed by atoms with Crippen molar-refractivity contribution in [3.8, 4) is 5.75 Å². The minimum Gasteiger partial charge on any atom is -0.489 e. The van der Waals surface area contributed by atoms with E-state index in [1.54, 1.807) is 42.2 Å². The Kier molecular flexibility index (Phi) is 5.26. The van der Waals surface area contributed by atoms with E-state index in [9.17, 15) is 14.3 Å². The molecule has 0 radical (unpaired) electrons. The average molecular weight is 397 g/mol. The zero-order chi connectivity index (χ0) is 20.4. The van der Waals surface area contributed by atoms with Gasteiger partial charge >= 0.3 is 0 Å². The predicted molar refractivity (Wildman–Crippen MR) is 101 cm³/mol. The van der Waals surface area contributed by atoms with E-state index in [2.05, 4.69) is 10.2 Å². The second-order valence-corrected chi connectivity index (χ2v) is 6.97. The van der Waals surface area contributed by atoms with Gasteiger partial charge in [-0.1, -0.05) is 18.2 Å². The van der Waals surface area contributed by atoms with Gasteiger partial charge in [-0.3, -0.25) is 4.79 Å². The van der Waals surface area contributed by atoms with Crippen molar-refractivity contribution in [2.45, 2.75) is 32.1 Å². The molecule has 0 bridgehead atoms. The van der Waals surface area contributed by atoms with Crippen LogP contribution >= 0.6 is 0 Å². The summed E-state index contributed by atoms with van der Waals surface area (Å²) in [4.78, 5) is 14.6. The highest BCUT2D eigenvalue weighted by molar-refractivity contribution is 5.94. The minimum absolute atomic E-state index is 0.189. The number of carbonyl (C=O) groups is 1. The molecular weight excluding hydrogens is 377 g/mol. The third-order valence-corrected chi connectivity index (χ3v) is 4.74. The number of hydrogen-bond donors (Lipinski definition) is 1. The van der Waals surface area contributed by atoms with Crippen molar-refractivity contribution in [3.63, 3.8) is 0 Å². The number of amides is 1. The van der Waals surface area contributed by atoms with Crippen LogP contribution in [0.25, 0.3) is 0 Å². The smallest absolute Gasteiger partial charge is 0.254 e. The molecule has 1 aromatic heterocycles. The number of ether oxygens (including phenoxy) is 1. The van der Waals surface area contributed by atoms with E-state index in [1.807, 2.05) is 6.07 Å². The van der Waals surface area contributed by atoms with Gasteiger partial charge in [-0.15, -0.1) is 10.2 Å². The molecule has 29 heavy (non-hydrogen) atoms. The SMILES string of the molecule is Cc1nnc([C@H]2C[C@@H](O)CN2C(=O)c2cccc(COc3cccc(F)c3)c2)o1. The number of halogens is 1. The molecule has 7 nitrogen and oxygen atoms in total. The molecule has 0 aliphatic carbocycles. The van der Waals surface area contributed by atoms with Crippen LogP contribution in [0.3, 0.4) is 0 Å². The zero-order valence-electron chi connectivity index (χ0n) is 15.8. The van der Waals surface area contributed by atoms with E-state index in [0.29, 0.717) is 29.5 Å². The number of β-amino-alcohol motifs (C(OH)–C–C–N with tert-alkyl or cyclic N) is 1. The Bertz CT molecular complexity index is 1020. The summed E-state index contributed by atoms with van der Waals surface area (Å²) in [6.07, 6.45) is -0.314. The zero-order valence-corrected chi connectivity index (χ0v) is 15.8. The van der Waals surface area contributed by atoms with E-state index < -0.39 is 12.1 Å². The Labute approximate surface area is 166 Å². The maximum absolute atomic E-state index is 13.3. The second kappa shape index (κ2) is 8.00. The van der Waals surface area contributed by atoms with E-state index >= 15 is 0 Å². The molecule has 3 aromatic rings. The van der Waals surface area contributed by atoms with Crippen LogP contribution in [0.2, 0.25) is 0 Å². The molecule has 1 amide bonds. The van der Waals surface area contributed by atoms with Crippen molar-refractivity contribution < 1.29 is 23.4 Å². The summed E-state index contributed by atoms with van der Waals surface area (Å²) in [5.41, 5.74) is 1.23. The van der Waals surface area contributed by atoms with Crippen molar-refractivity contribution in [1.82, 2.24) is 15.1 Å². The Hall–Kier alpha value is -3.26. The van der Waals surface area contributed by atoms with Gasteiger partial charge in [0, 0.05) is 31.5 Å². The topological polar surface area (TPSA) is 88.7 Å². The molecule has 2 atom stereocenters. The lowest BCUT2D eigenvalue weighted by Crippen LogP contribution is -2.32. The van der Waals surface area contributed by atoms with Crippen molar-refractivity contribution >= 4 is 5.91 Å². The number of carbonyl (C=O) groups excluding carboxylic acids is 1. The molecule has 0 unspecified atom stereocenters. The Balaban J connectivity index is 1.50. The maximum atomic E-state index is 13.3. The van der Waals surface area contributed by atoms with Gasteiger partial charge in [-0.2, -0.15) is 0 Å². The summed E-state index contributed by atoms with van der Waals surface area (Å²) in [7, 11) is 0. The molecule has 4 rings (SSSR count). The van der Waals surface area contributed by atoms with Crippen LogP contribution in [0.4, 0.5) is 4.39 Å². The largest absolute Gasteiger partial charge is 0.489 e. The number of likely N-dealkylation sites (tertiary alicyclic amines) is 1. The number of aliphatic hydroxyl groups excluding tert-OH is 1. The van der Waals surface area contributed by atoms with Crippen LogP contribution in [-0.4, -0.2) is 38.8 Å². The van der Waals surface area contributed by atoms with Gasteiger partial charge < -0.3 is 19.2 Å². The monoisotopic (exact) mass is 397 g/mol. The van der Waals surface area contributed by atoms with Crippen LogP contribution in [0.1, 0.15) is 40.2 Å². The molecule has 1 N–H and O–H groups in total. The molecule has 150 valence electrons. The van der Waals surface area contributed by atoms with Gasteiger partial charge in [0.1, 0.15) is 24.2 Å². The van der Waals surface area contributed by atoms with Crippen molar-refractivity contribution in [1.29, 1.82) is 0 Å². The van der Waals surface area contributed by atoms with Gasteiger partial charge in [0.05, 0.1) is 6.10 Å². The second-order valence-electron chi connectivity index (χ2n) is 6.97. The Morgan fingerprint density at radius 1 is 1.28 bits per heavy atom. The molecule has 0 spiro atoms. The highest BCUT2D eigenvalue weighted by atomic mass is 19.1. The predicted octanol–water partition coefficient (Wildman–Crippen LogP) is 3.04. The van der Waals surface area contributed by atoms with E-state index in [0.717, 1.165) is 5.56 Å². The maximum Gasteiger partial charge on any atom is 0.254 e. The van der Waals surface area contributed by atoms with Crippen molar-refractivity contribution in [2.24, 2.45) is 0 Å². The highest BCUT2D eigenvalue weighted by Gasteiger charge is 2.38. The summed E-state index contributed by atoms with van der Waals surface area (Å²) in [5.74, 6) is 0.524. The molecular formula is C21H20FN3O4. The van der Waals surface area contributed by atoms with Crippen LogP contribution in [-0.2, 0) is 6.61 Å². The van der Waals surface area contributed by atoms with Crippen molar-refractivity contribution in [3.05, 3.63) is 77.3 Å². The van der Waals surface area contributed by atoms with Gasteiger partial charge in [0.15, 0.2) is 0 Å². The highest BCUT2D eigenvalue weighted by Crippen LogP contribution is 2.32. The lowest BCUT2D eigenvalue weighted by Gasteiger charge is -2.22. The molecule has 2 aromatic carbocycles. The van der Waals surface area contributed by atoms with Gasteiger partial charge in [-0.05, 0) is 29.8 Å². The minimum atomic E-state index is -0.657. The normalized spacial score (nSPS) is 18.8. The lowest BCUT2D eigenvalue weighted by molar-refractivity contribution is 0.0697. The molecule has 2 heterocycles. The Morgan fingerprint density at radius 2 is 2.10 bits per heavy atom. The first-order chi connectivity index (χ1) is 14.0. The number of aliphatic hydroxyl groups is 1. The van der Waals surface area contributed by atoms with Gasteiger partial charge in [0.2, 0.25) is 11.8 Å². The number of hydrogen-bond acceptors (Lipinski definition) is 6. The molecule has 8 heteroatoms. The summed E-state index contributed by atoms with van der Waals surface area (Å²) in [5, 5.41) is 17.9. The first-order valence-corrected chi connectivity index (χ1v) is 9.26. The van der Waals surface area contributed by atoms with E-state index in [4.69, 9.17) is 9.15 Å². The molecule has 0 saturated carbocycles. The summed E-state index contributed by atoms with van der Waals surface area (Å²) in [6, 6.07) is 12.4.